The van der Waals surface area contributed by atoms with Crippen molar-refractivity contribution in [2.24, 2.45) is 0 Å². The molecule has 0 unspecified atom stereocenters. The number of hydrogen-bond acceptors (Lipinski definition) is 3. The molecule has 0 aromatic heterocycles. The van der Waals surface area contributed by atoms with Crippen LogP contribution < -0.4 is 4.52 Å². The predicted octanol–water partition coefficient (Wildman–Crippen LogP) is 2.10. The minimum Gasteiger partial charge on any atom is -0.403 e. The molecule has 1 rings (SSSR count). The summed E-state index contributed by atoms with van der Waals surface area (Å²) < 4.78 is 15.5. The lowest BCUT2D eigenvalue weighted by Crippen LogP contribution is -2.02. The van der Waals surface area contributed by atoms with Gasteiger partial charge in [0.2, 0.25) is 0 Å². The van der Waals surface area contributed by atoms with Gasteiger partial charge in [0.1, 0.15) is 5.75 Å². The first kappa shape index (κ1) is 13.9. The van der Waals surface area contributed by atoms with E-state index in [9.17, 15) is 9.36 Å². The molecule has 5 nitrogen and oxygen atoms in total. The topological polar surface area (TPSA) is 83.8 Å². The first-order chi connectivity index (χ1) is 7.92. The number of hydrogen-bond donors (Lipinski definition) is 2. The summed E-state index contributed by atoms with van der Waals surface area (Å²) >= 11 is 0. The Kier molecular flexibility index (Phi) is 4.46. The standard InChI is InChI=1S/C11H15O5P/c1-3-8-5-6-9(7-12)11(10(8)4-2)16-17(13,14)15/h5-7H,3-4H2,1-2H3,(H2,13,14,15). The third kappa shape index (κ3) is 3.40. The Bertz CT molecular complexity index is 463. The summed E-state index contributed by atoms with van der Waals surface area (Å²) in [5.74, 6) is -0.00446. The van der Waals surface area contributed by atoms with Crippen molar-refractivity contribution in [2.75, 3.05) is 0 Å². The second-order valence-corrected chi connectivity index (χ2v) is 4.69. The van der Waals surface area contributed by atoms with Crippen molar-refractivity contribution in [3.05, 3.63) is 28.8 Å². The number of rotatable bonds is 5. The molecule has 0 aliphatic heterocycles. The molecule has 1 aromatic carbocycles. The van der Waals surface area contributed by atoms with E-state index in [4.69, 9.17) is 9.79 Å². The van der Waals surface area contributed by atoms with Crippen molar-refractivity contribution in [3.8, 4) is 5.75 Å². The molecular weight excluding hydrogens is 243 g/mol. The molecule has 0 heterocycles. The van der Waals surface area contributed by atoms with E-state index in [1.54, 1.807) is 6.07 Å². The Balaban J connectivity index is 3.40. The molecule has 0 saturated carbocycles. The fourth-order valence-electron chi connectivity index (χ4n) is 1.73. The van der Waals surface area contributed by atoms with Crippen LogP contribution in [-0.2, 0) is 17.4 Å². The third-order valence-corrected chi connectivity index (χ3v) is 2.88. The average Bonchev–Trinajstić information content (AvgIpc) is 2.26. The SMILES string of the molecule is CCc1ccc(C=O)c(OP(=O)(O)O)c1CC. The highest BCUT2D eigenvalue weighted by Gasteiger charge is 2.22. The smallest absolute Gasteiger partial charge is 0.403 e. The number of phosphoric acid groups is 1. The molecule has 0 amide bonds. The van der Waals surface area contributed by atoms with Crippen LogP contribution in [0, 0.1) is 0 Å². The third-order valence-electron chi connectivity index (χ3n) is 2.46. The molecule has 17 heavy (non-hydrogen) atoms. The van der Waals surface area contributed by atoms with Crippen LogP contribution in [0.3, 0.4) is 0 Å². The van der Waals surface area contributed by atoms with E-state index in [0.717, 1.165) is 5.56 Å². The molecule has 0 bridgehead atoms. The molecule has 0 aliphatic carbocycles. The maximum Gasteiger partial charge on any atom is 0.524 e. The molecule has 0 radical (unpaired) electrons. The molecule has 2 N–H and O–H groups in total. The lowest BCUT2D eigenvalue weighted by atomic mass is 9.99. The number of benzene rings is 1. The molecule has 6 heteroatoms. The molecule has 0 saturated heterocycles. The van der Waals surface area contributed by atoms with Gasteiger partial charge in [-0.3, -0.25) is 14.6 Å². The quantitative estimate of drug-likeness (QED) is 0.624. The van der Waals surface area contributed by atoms with Gasteiger partial charge in [-0.15, -0.1) is 0 Å². The van der Waals surface area contributed by atoms with Crippen LogP contribution in [0.2, 0.25) is 0 Å². The molecule has 0 aliphatic rings. The van der Waals surface area contributed by atoms with Gasteiger partial charge >= 0.3 is 7.82 Å². The second kappa shape index (κ2) is 5.45. The number of phosphoric ester groups is 1. The van der Waals surface area contributed by atoms with Crippen LogP contribution in [-0.4, -0.2) is 16.1 Å². The molecular formula is C11H15O5P. The zero-order valence-corrected chi connectivity index (χ0v) is 10.6. The largest absolute Gasteiger partial charge is 0.524 e. The van der Waals surface area contributed by atoms with Gasteiger partial charge in [0.15, 0.2) is 6.29 Å². The van der Waals surface area contributed by atoms with Gasteiger partial charge in [-0.2, -0.15) is 0 Å². The van der Waals surface area contributed by atoms with Gasteiger partial charge in [-0.05, 0) is 30.0 Å². The Hall–Kier alpha value is -1.16. The number of carbonyl (C=O) groups excluding carboxylic acids is 1. The van der Waals surface area contributed by atoms with Gasteiger partial charge < -0.3 is 4.52 Å². The Labute approximate surface area is 99.7 Å². The van der Waals surface area contributed by atoms with E-state index in [-0.39, 0.29) is 11.3 Å². The van der Waals surface area contributed by atoms with Crippen molar-refractivity contribution in [2.45, 2.75) is 26.7 Å². The van der Waals surface area contributed by atoms with Crippen molar-refractivity contribution >= 4 is 14.1 Å². The fourth-order valence-corrected chi connectivity index (χ4v) is 2.18. The lowest BCUT2D eigenvalue weighted by Gasteiger charge is -2.15. The highest BCUT2D eigenvalue weighted by molar-refractivity contribution is 7.46. The van der Waals surface area contributed by atoms with Crippen molar-refractivity contribution in [3.63, 3.8) is 0 Å². The normalized spacial score (nSPS) is 11.3. The summed E-state index contributed by atoms with van der Waals surface area (Å²) in [6.07, 6.45) is 1.78. The van der Waals surface area contributed by atoms with Gasteiger partial charge in [0.05, 0.1) is 5.56 Å². The summed E-state index contributed by atoms with van der Waals surface area (Å²) in [5, 5.41) is 0. The van der Waals surface area contributed by atoms with E-state index in [1.807, 2.05) is 13.8 Å². The van der Waals surface area contributed by atoms with E-state index < -0.39 is 7.82 Å². The van der Waals surface area contributed by atoms with Crippen molar-refractivity contribution < 1.29 is 23.7 Å². The number of carbonyl (C=O) groups is 1. The van der Waals surface area contributed by atoms with Crippen LogP contribution in [0.25, 0.3) is 0 Å². The summed E-state index contributed by atoms with van der Waals surface area (Å²) in [7, 11) is -4.66. The summed E-state index contributed by atoms with van der Waals surface area (Å²) in [6.45, 7) is 3.77. The minimum atomic E-state index is -4.66. The predicted molar refractivity (Wildman–Crippen MR) is 63.3 cm³/mol. The molecule has 94 valence electrons. The summed E-state index contributed by atoms with van der Waals surface area (Å²) in [6, 6.07) is 3.28. The maximum atomic E-state index is 10.9. The van der Waals surface area contributed by atoms with Crippen molar-refractivity contribution in [1.29, 1.82) is 0 Å². The number of aryl methyl sites for hydroxylation is 1. The summed E-state index contributed by atoms with van der Waals surface area (Å²) in [5.41, 5.74) is 1.74. The fraction of sp³-hybridized carbons (Fsp3) is 0.364. The van der Waals surface area contributed by atoms with Crippen LogP contribution in [0.15, 0.2) is 12.1 Å². The van der Waals surface area contributed by atoms with Crippen LogP contribution in [0.5, 0.6) is 5.75 Å². The van der Waals surface area contributed by atoms with Gasteiger partial charge in [-0.1, -0.05) is 19.9 Å². The zero-order valence-electron chi connectivity index (χ0n) is 9.71. The Morgan fingerprint density at radius 1 is 1.29 bits per heavy atom. The second-order valence-electron chi connectivity index (χ2n) is 3.53. The number of aldehydes is 1. The lowest BCUT2D eigenvalue weighted by molar-refractivity contribution is 0.112. The van der Waals surface area contributed by atoms with Crippen LogP contribution in [0.4, 0.5) is 0 Å². The Morgan fingerprint density at radius 2 is 1.94 bits per heavy atom. The average molecular weight is 258 g/mol. The van der Waals surface area contributed by atoms with Crippen molar-refractivity contribution in [1.82, 2.24) is 0 Å². The van der Waals surface area contributed by atoms with E-state index in [0.29, 0.717) is 24.7 Å². The zero-order chi connectivity index (χ0) is 13.1. The highest BCUT2D eigenvalue weighted by Crippen LogP contribution is 2.41. The van der Waals surface area contributed by atoms with Crippen LogP contribution in [0.1, 0.15) is 35.3 Å². The van der Waals surface area contributed by atoms with Gasteiger partial charge in [-0.25, -0.2) is 4.57 Å². The molecule has 0 spiro atoms. The molecule has 0 fully saturated rings. The van der Waals surface area contributed by atoms with E-state index in [2.05, 4.69) is 4.52 Å². The first-order valence-electron chi connectivity index (χ1n) is 5.28. The van der Waals surface area contributed by atoms with Crippen LogP contribution >= 0.6 is 7.82 Å². The molecule has 0 atom stereocenters. The van der Waals surface area contributed by atoms with Gasteiger partial charge in [0, 0.05) is 0 Å². The monoisotopic (exact) mass is 258 g/mol. The maximum absolute atomic E-state index is 10.9. The van der Waals surface area contributed by atoms with Gasteiger partial charge in [0.25, 0.3) is 0 Å². The first-order valence-corrected chi connectivity index (χ1v) is 6.81. The minimum absolute atomic E-state index is 0.00446. The molecule has 1 aromatic rings. The van der Waals surface area contributed by atoms with E-state index in [1.165, 1.54) is 6.07 Å². The Morgan fingerprint density at radius 3 is 2.35 bits per heavy atom. The highest BCUT2D eigenvalue weighted by atomic mass is 31.2. The van der Waals surface area contributed by atoms with E-state index >= 15 is 0 Å². The summed E-state index contributed by atoms with van der Waals surface area (Å²) in [4.78, 5) is 28.5.